The number of hydrogen-bond donors (Lipinski definition) is 7. The van der Waals surface area contributed by atoms with E-state index in [0.29, 0.717) is 12.0 Å². The summed E-state index contributed by atoms with van der Waals surface area (Å²) in [5.41, 5.74) is 7.55. The highest BCUT2D eigenvalue weighted by atomic mass is 16.4. The van der Waals surface area contributed by atoms with Crippen LogP contribution < -0.4 is 21.7 Å². The minimum atomic E-state index is -1.47. The van der Waals surface area contributed by atoms with Crippen LogP contribution >= 0.6 is 0 Å². The first-order chi connectivity index (χ1) is 18.3. The molecule has 5 atom stereocenters. The molecule has 0 spiro atoms. The Hall–Kier alpha value is -3.93. The summed E-state index contributed by atoms with van der Waals surface area (Å²) >= 11 is 0. The minimum absolute atomic E-state index is 0.0119. The number of aromatic nitrogens is 1. The van der Waals surface area contributed by atoms with Gasteiger partial charge in [0.2, 0.25) is 17.7 Å². The summed E-state index contributed by atoms with van der Waals surface area (Å²) < 4.78 is 0. The van der Waals surface area contributed by atoms with Gasteiger partial charge in [0.25, 0.3) is 0 Å². The molecule has 0 aliphatic rings. The summed E-state index contributed by atoms with van der Waals surface area (Å²) in [6, 6.07) is 2.85. The molecule has 1 aromatic carbocycles. The lowest BCUT2D eigenvalue weighted by Crippen LogP contribution is -2.59. The number of carboxylic acids is 2. The van der Waals surface area contributed by atoms with Crippen molar-refractivity contribution in [2.45, 2.75) is 77.5 Å². The van der Waals surface area contributed by atoms with E-state index in [1.165, 1.54) is 0 Å². The highest BCUT2D eigenvalue weighted by molar-refractivity contribution is 5.95. The number of benzene rings is 1. The van der Waals surface area contributed by atoms with Crippen molar-refractivity contribution in [1.29, 1.82) is 0 Å². The number of aromatic amines is 1. The summed E-state index contributed by atoms with van der Waals surface area (Å²) in [5, 5.41) is 27.0. The summed E-state index contributed by atoms with van der Waals surface area (Å²) in [6.07, 6.45) is 1.59. The molecule has 0 saturated carbocycles. The lowest BCUT2D eigenvalue weighted by atomic mass is 9.97. The highest BCUT2D eigenvalue weighted by Crippen LogP contribution is 2.19. The smallest absolute Gasteiger partial charge is 0.326 e. The number of carbonyl (C=O) groups excluding carboxylic acids is 3. The zero-order chi connectivity index (χ0) is 29.3. The number of carboxylic acid groups (broad SMARTS) is 2. The van der Waals surface area contributed by atoms with Crippen LogP contribution in [0.1, 0.15) is 52.5 Å². The summed E-state index contributed by atoms with van der Waals surface area (Å²) in [4.78, 5) is 65.1. The molecule has 0 radical (unpaired) electrons. The normalized spacial score (nSPS) is 15.1. The molecule has 0 saturated heterocycles. The fourth-order valence-electron chi connectivity index (χ4n) is 4.09. The lowest BCUT2D eigenvalue weighted by molar-refractivity contribution is -0.143. The van der Waals surface area contributed by atoms with E-state index in [0.717, 1.165) is 10.9 Å². The standard InChI is InChI=1S/C27H39N5O7/c1-5-15(4)22(28)25(36)32-23(14(2)3)26(37)31-20(12-16-13-29-18-9-7-6-8-17(16)18)24(35)30-19(27(38)39)10-11-21(33)34/h6-9,13-15,19-20,22-23,29H,5,10-12,28H2,1-4H3,(H,30,35)(H,31,37)(H,32,36)(H,33,34)(H,38,39). The first-order valence-corrected chi connectivity index (χ1v) is 13.0. The Morgan fingerprint density at radius 3 is 2.15 bits per heavy atom. The fourth-order valence-corrected chi connectivity index (χ4v) is 4.09. The zero-order valence-electron chi connectivity index (χ0n) is 22.7. The molecular formula is C27H39N5O7. The van der Waals surface area contributed by atoms with E-state index in [2.05, 4.69) is 20.9 Å². The van der Waals surface area contributed by atoms with Crippen molar-refractivity contribution < 1.29 is 34.2 Å². The molecule has 0 aliphatic heterocycles. The Bertz CT molecular complexity index is 1180. The van der Waals surface area contributed by atoms with Crippen LogP contribution in [0.3, 0.4) is 0 Å². The third-order valence-corrected chi connectivity index (χ3v) is 6.80. The summed E-state index contributed by atoms with van der Waals surface area (Å²) in [5.74, 6) is -4.98. The molecule has 2 rings (SSSR count). The fraction of sp³-hybridized carbons (Fsp3) is 0.519. The maximum atomic E-state index is 13.4. The van der Waals surface area contributed by atoms with Gasteiger partial charge >= 0.3 is 11.9 Å². The lowest BCUT2D eigenvalue weighted by Gasteiger charge is -2.28. The number of carbonyl (C=O) groups is 5. The number of amides is 3. The third-order valence-electron chi connectivity index (χ3n) is 6.80. The molecule has 12 nitrogen and oxygen atoms in total. The molecule has 0 aliphatic carbocycles. The van der Waals surface area contributed by atoms with Gasteiger partial charge in [-0.05, 0) is 29.9 Å². The van der Waals surface area contributed by atoms with Crippen molar-refractivity contribution in [3.8, 4) is 0 Å². The van der Waals surface area contributed by atoms with E-state index >= 15 is 0 Å². The molecule has 3 amide bonds. The van der Waals surface area contributed by atoms with Gasteiger partial charge in [0, 0.05) is 29.9 Å². The predicted molar refractivity (Wildman–Crippen MR) is 145 cm³/mol. The van der Waals surface area contributed by atoms with Crippen LogP contribution in [0.15, 0.2) is 30.5 Å². The van der Waals surface area contributed by atoms with Gasteiger partial charge in [0.15, 0.2) is 0 Å². The molecule has 5 unspecified atom stereocenters. The van der Waals surface area contributed by atoms with Crippen LogP contribution in [0.25, 0.3) is 10.9 Å². The topological polar surface area (TPSA) is 204 Å². The number of nitrogens with one attached hydrogen (secondary N) is 4. The van der Waals surface area contributed by atoms with E-state index in [9.17, 15) is 29.1 Å². The molecule has 2 aromatic rings. The van der Waals surface area contributed by atoms with Gasteiger partial charge in [0.1, 0.15) is 18.1 Å². The van der Waals surface area contributed by atoms with Gasteiger partial charge in [-0.15, -0.1) is 0 Å². The van der Waals surface area contributed by atoms with Gasteiger partial charge in [-0.3, -0.25) is 19.2 Å². The molecule has 1 heterocycles. The van der Waals surface area contributed by atoms with Crippen LogP contribution in [0.5, 0.6) is 0 Å². The molecule has 1 aromatic heterocycles. The largest absolute Gasteiger partial charge is 0.481 e. The van der Waals surface area contributed by atoms with Crippen molar-refractivity contribution in [2.24, 2.45) is 17.6 Å². The van der Waals surface area contributed by atoms with Crippen molar-refractivity contribution in [3.05, 3.63) is 36.0 Å². The number of nitrogens with two attached hydrogens (primary N) is 1. The van der Waals surface area contributed by atoms with E-state index in [-0.39, 0.29) is 24.7 Å². The van der Waals surface area contributed by atoms with Crippen LogP contribution in [0, 0.1) is 11.8 Å². The monoisotopic (exact) mass is 545 g/mol. The SMILES string of the molecule is CCC(C)C(N)C(=O)NC(C(=O)NC(Cc1c[nH]c2ccccc12)C(=O)NC(CCC(=O)O)C(=O)O)C(C)C. The molecule has 12 heteroatoms. The van der Waals surface area contributed by atoms with Crippen LogP contribution in [0.4, 0.5) is 0 Å². The maximum Gasteiger partial charge on any atom is 0.326 e. The Morgan fingerprint density at radius 2 is 1.56 bits per heavy atom. The molecule has 39 heavy (non-hydrogen) atoms. The second-order valence-electron chi connectivity index (χ2n) is 10.1. The first kappa shape index (κ1) is 31.3. The number of aliphatic carboxylic acids is 2. The number of fused-ring (bicyclic) bond motifs is 1. The molecule has 8 N–H and O–H groups in total. The van der Waals surface area contributed by atoms with E-state index < -0.39 is 60.2 Å². The van der Waals surface area contributed by atoms with Gasteiger partial charge in [-0.2, -0.15) is 0 Å². The Kier molecular flexibility index (Phi) is 11.5. The summed E-state index contributed by atoms with van der Waals surface area (Å²) in [6.45, 7) is 7.21. The number of rotatable bonds is 15. The first-order valence-electron chi connectivity index (χ1n) is 13.0. The average Bonchev–Trinajstić information content (AvgIpc) is 3.30. The van der Waals surface area contributed by atoms with Crippen molar-refractivity contribution >= 4 is 40.6 Å². The Morgan fingerprint density at radius 1 is 0.923 bits per heavy atom. The van der Waals surface area contributed by atoms with Crippen molar-refractivity contribution in [3.63, 3.8) is 0 Å². The van der Waals surface area contributed by atoms with Gasteiger partial charge in [-0.25, -0.2) is 4.79 Å². The van der Waals surface area contributed by atoms with Crippen molar-refractivity contribution in [2.75, 3.05) is 0 Å². The third kappa shape index (κ3) is 8.81. The van der Waals surface area contributed by atoms with Crippen molar-refractivity contribution in [1.82, 2.24) is 20.9 Å². The average molecular weight is 546 g/mol. The number of H-pyrrole nitrogens is 1. The van der Waals surface area contributed by atoms with Gasteiger partial charge < -0.3 is 36.9 Å². The van der Waals surface area contributed by atoms with E-state index in [4.69, 9.17) is 10.8 Å². The van der Waals surface area contributed by atoms with Gasteiger partial charge in [-0.1, -0.05) is 52.3 Å². The molecule has 214 valence electrons. The second kappa shape index (κ2) is 14.3. The van der Waals surface area contributed by atoms with Gasteiger partial charge in [0.05, 0.1) is 6.04 Å². The summed E-state index contributed by atoms with van der Waals surface area (Å²) in [7, 11) is 0. The van der Waals surface area contributed by atoms with Crippen LogP contribution in [0.2, 0.25) is 0 Å². The Labute approximate surface area is 227 Å². The maximum absolute atomic E-state index is 13.4. The van der Waals surface area contributed by atoms with Crippen LogP contribution in [-0.2, 0) is 30.4 Å². The second-order valence-corrected chi connectivity index (χ2v) is 10.1. The molecule has 0 fully saturated rings. The number of hydrogen-bond acceptors (Lipinski definition) is 6. The molecule has 0 bridgehead atoms. The molecular weight excluding hydrogens is 506 g/mol. The highest BCUT2D eigenvalue weighted by Gasteiger charge is 2.33. The Balaban J connectivity index is 2.31. The van der Waals surface area contributed by atoms with Crippen LogP contribution in [-0.4, -0.2) is 69.0 Å². The predicted octanol–water partition coefficient (Wildman–Crippen LogP) is 1.14. The number of para-hydroxylation sites is 1. The quantitative estimate of drug-likeness (QED) is 0.172. The minimum Gasteiger partial charge on any atom is -0.481 e. The van der Waals surface area contributed by atoms with E-state index in [1.54, 1.807) is 20.0 Å². The zero-order valence-corrected chi connectivity index (χ0v) is 22.7. The van der Waals surface area contributed by atoms with E-state index in [1.807, 2.05) is 38.1 Å².